The fourth-order valence-electron chi connectivity index (χ4n) is 3.40. The summed E-state index contributed by atoms with van der Waals surface area (Å²) in [7, 11) is -3.49. The number of alkyl halides is 3. The molecule has 2 aromatic rings. The highest BCUT2D eigenvalue weighted by atomic mass is 35.5. The number of carbonyl (C=O) groups excluding carboxylic acids is 1. The molecular formula is C20H21ClF3N3O3S. The van der Waals surface area contributed by atoms with Crippen molar-refractivity contribution in [3.8, 4) is 0 Å². The van der Waals surface area contributed by atoms with Gasteiger partial charge in [0.1, 0.15) is 5.82 Å². The molecule has 1 aromatic heterocycles. The number of nitrogens with one attached hydrogen (secondary N) is 1. The van der Waals surface area contributed by atoms with Crippen molar-refractivity contribution in [2.45, 2.75) is 30.8 Å². The van der Waals surface area contributed by atoms with E-state index < -0.39 is 21.6 Å². The van der Waals surface area contributed by atoms with E-state index in [0.29, 0.717) is 25.9 Å². The van der Waals surface area contributed by atoms with Crippen LogP contribution in [0.25, 0.3) is 0 Å². The molecule has 1 saturated heterocycles. The van der Waals surface area contributed by atoms with Gasteiger partial charge in [0.15, 0.2) is 9.84 Å². The number of benzene rings is 1. The van der Waals surface area contributed by atoms with Crippen molar-refractivity contribution in [1.29, 1.82) is 0 Å². The molecule has 0 atom stereocenters. The number of piperidine rings is 1. The Morgan fingerprint density at radius 2 is 1.90 bits per heavy atom. The Hall–Kier alpha value is -2.33. The molecule has 3 rings (SSSR count). The monoisotopic (exact) mass is 475 g/mol. The topological polar surface area (TPSA) is 79.4 Å². The Bertz CT molecular complexity index is 1070. The average Bonchev–Trinajstić information content (AvgIpc) is 2.73. The fraction of sp³-hybridized carbons (Fsp3) is 0.400. The maximum Gasteiger partial charge on any atom is 0.417 e. The van der Waals surface area contributed by atoms with Crippen LogP contribution in [-0.2, 0) is 20.8 Å². The fourth-order valence-corrected chi connectivity index (χ4v) is 4.74. The van der Waals surface area contributed by atoms with Gasteiger partial charge in [0.2, 0.25) is 5.91 Å². The van der Waals surface area contributed by atoms with Gasteiger partial charge in [0.25, 0.3) is 0 Å². The van der Waals surface area contributed by atoms with Crippen LogP contribution in [0.2, 0.25) is 5.02 Å². The molecule has 1 N–H and O–H groups in total. The molecule has 1 aliphatic rings. The Labute approximate surface area is 183 Å². The first-order chi connectivity index (χ1) is 14.5. The molecule has 0 saturated carbocycles. The summed E-state index contributed by atoms with van der Waals surface area (Å²) in [4.78, 5) is 18.4. The Morgan fingerprint density at radius 3 is 2.48 bits per heavy atom. The largest absolute Gasteiger partial charge is 0.417 e. The zero-order valence-corrected chi connectivity index (χ0v) is 18.2. The van der Waals surface area contributed by atoms with Gasteiger partial charge >= 0.3 is 6.18 Å². The zero-order valence-electron chi connectivity index (χ0n) is 16.6. The van der Waals surface area contributed by atoms with Crippen LogP contribution in [0.4, 0.5) is 24.7 Å². The number of aromatic nitrogens is 1. The minimum Gasteiger partial charge on any atom is -0.355 e. The summed E-state index contributed by atoms with van der Waals surface area (Å²) < 4.78 is 62.9. The average molecular weight is 476 g/mol. The lowest BCUT2D eigenvalue weighted by molar-refractivity contribution is -0.137. The molecule has 0 spiro atoms. The number of rotatable bonds is 5. The van der Waals surface area contributed by atoms with Crippen molar-refractivity contribution in [3.63, 3.8) is 0 Å². The van der Waals surface area contributed by atoms with Gasteiger partial charge in [-0.1, -0.05) is 30.7 Å². The number of carbonyl (C=O) groups is 1. The van der Waals surface area contributed by atoms with E-state index in [2.05, 4.69) is 10.3 Å². The molecule has 0 unspecified atom stereocenters. The van der Waals surface area contributed by atoms with Gasteiger partial charge in [0.05, 0.1) is 26.9 Å². The number of pyridine rings is 1. The number of nitrogens with zero attached hydrogens (tertiary/aromatic N) is 2. The second kappa shape index (κ2) is 9.04. The molecule has 1 aliphatic heterocycles. The number of amides is 1. The summed E-state index contributed by atoms with van der Waals surface area (Å²) in [6.45, 7) is 2.29. The second-order valence-electron chi connectivity index (χ2n) is 7.18. The first-order valence-electron chi connectivity index (χ1n) is 9.63. The molecular weight excluding hydrogens is 455 g/mol. The molecule has 6 nitrogen and oxygen atoms in total. The van der Waals surface area contributed by atoms with Crippen LogP contribution in [0, 0.1) is 5.92 Å². The minimum absolute atomic E-state index is 0.0732. The van der Waals surface area contributed by atoms with Crippen LogP contribution >= 0.6 is 11.6 Å². The quantitative estimate of drug-likeness (QED) is 0.693. The predicted octanol–water partition coefficient (Wildman–Crippen LogP) is 4.40. The summed E-state index contributed by atoms with van der Waals surface area (Å²) in [5.74, 6) is -0.515. The van der Waals surface area contributed by atoms with Gasteiger partial charge < -0.3 is 10.2 Å². The highest BCUT2D eigenvalue weighted by Crippen LogP contribution is 2.35. The van der Waals surface area contributed by atoms with Crippen LogP contribution in [0.5, 0.6) is 0 Å². The lowest BCUT2D eigenvalue weighted by atomic mass is 9.95. The highest BCUT2D eigenvalue weighted by Gasteiger charge is 2.33. The third kappa shape index (κ3) is 5.30. The lowest BCUT2D eigenvalue weighted by Crippen LogP contribution is -2.39. The number of sulfone groups is 1. The Morgan fingerprint density at radius 1 is 1.26 bits per heavy atom. The summed E-state index contributed by atoms with van der Waals surface area (Å²) in [5.41, 5.74) is -0.680. The molecule has 0 radical (unpaired) electrons. The molecule has 1 aromatic carbocycles. The first kappa shape index (κ1) is 23.3. The van der Waals surface area contributed by atoms with E-state index in [0.717, 1.165) is 12.3 Å². The maximum atomic E-state index is 12.8. The normalized spacial score (nSPS) is 15.7. The number of anilines is 2. The molecule has 0 bridgehead atoms. The second-order valence-corrected chi connectivity index (χ2v) is 9.83. The van der Waals surface area contributed by atoms with Gasteiger partial charge in [-0.05, 0) is 31.0 Å². The summed E-state index contributed by atoms with van der Waals surface area (Å²) in [6.07, 6.45) is -2.94. The van der Waals surface area contributed by atoms with Crippen molar-refractivity contribution in [1.82, 2.24) is 4.98 Å². The van der Waals surface area contributed by atoms with Gasteiger partial charge in [0, 0.05) is 25.2 Å². The zero-order chi connectivity index (χ0) is 22.8. The van der Waals surface area contributed by atoms with Crippen LogP contribution in [0.1, 0.15) is 25.3 Å². The maximum absolute atomic E-state index is 12.8. The minimum atomic E-state index is -4.53. The van der Waals surface area contributed by atoms with Crippen LogP contribution < -0.4 is 10.2 Å². The molecule has 2 heterocycles. The van der Waals surface area contributed by atoms with E-state index in [1.807, 2.05) is 0 Å². The number of hydrogen-bond acceptors (Lipinski definition) is 5. The lowest BCUT2D eigenvalue weighted by Gasteiger charge is -2.32. The van der Waals surface area contributed by atoms with Gasteiger partial charge in [-0.3, -0.25) is 4.79 Å². The van der Waals surface area contributed by atoms with Gasteiger partial charge in [-0.25, -0.2) is 13.4 Å². The Kier molecular flexibility index (Phi) is 6.80. The molecule has 11 heteroatoms. The van der Waals surface area contributed by atoms with E-state index in [1.54, 1.807) is 23.1 Å². The van der Waals surface area contributed by atoms with E-state index in [1.165, 1.54) is 13.0 Å². The molecule has 31 heavy (non-hydrogen) atoms. The van der Waals surface area contributed by atoms with Crippen molar-refractivity contribution in [2.75, 3.05) is 29.1 Å². The van der Waals surface area contributed by atoms with Gasteiger partial charge in [-0.2, -0.15) is 13.2 Å². The van der Waals surface area contributed by atoms with E-state index in [9.17, 15) is 26.4 Å². The van der Waals surface area contributed by atoms with Gasteiger partial charge in [-0.15, -0.1) is 0 Å². The molecule has 168 valence electrons. The molecule has 1 fully saturated rings. The smallest absolute Gasteiger partial charge is 0.355 e. The standard InChI is InChI=1S/C20H21ClF3N3O3S/c1-2-31(29,30)17-6-4-3-5-16(17)26-19(28)13-7-9-27(10-8-13)18-15(21)11-14(12-25-18)20(22,23)24/h3-6,11-13H,2,7-10H2,1H3,(H,26,28). The predicted molar refractivity (Wildman–Crippen MR) is 112 cm³/mol. The third-order valence-electron chi connectivity index (χ3n) is 5.17. The summed E-state index contributed by atoms with van der Waals surface area (Å²) in [5, 5.41) is 2.61. The van der Waals surface area contributed by atoms with Crippen LogP contribution in [-0.4, -0.2) is 38.2 Å². The van der Waals surface area contributed by atoms with E-state index >= 15 is 0 Å². The third-order valence-corrected chi connectivity index (χ3v) is 7.24. The highest BCUT2D eigenvalue weighted by molar-refractivity contribution is 7.91. The number of halogens is 4. The number of hydrogen-bond donors (Lipinski definition) is 1. The number of para-hydroxylation sites is 1. The van der Waals surface area contributed by atoms with E-state index in [-0.39, 0.29) is 39.0 Å². The summed E-state index contributed by atoms with van der Waals surface area (Å²) >= 11 is 6.01. The first-order valence-corrected chi connectivity index (χ1v) is 11.7. The summed E-state index contributed by atoms with van der Waals surface area (Å²) in [6, 6.07) is 7.08. The molecule has 0 aliphatic carbocycles. The van der Waals surface area contributed by atoms with Crippen molar-refractivity contribution in [2.24, 2.45) is 5.92 Å². The SMILES string of the molecule is CCS(=O)(=O)c1ccccc1NC(=O)C1CCN(c2ncc(C(F)(F)F)cc2Cl)CC1. The van der Waals surface area contributed by atoms with Crippen molar-refractivity contribution in [3.05, 3.63) is 47.1 Å². The van der Waals surface area contributed by atoms with Crippen LogP contribution in [0.15, 0.2) is 41.4 Å². The van der Waals surface area contributed by atoms with E-state index in [4.69, 9.17) is 11.6 Å². The Balaban J connectivity index is 1.66. The van der Waals surface area contributed by atoms with Crippen molar-refractivity contribution < 1.29 is 26.4 Å². The van der Waals surface area contributed by atoms with Crippen LogP contribution in [0.3, 0.4) is 0 Å². The molecule has 1 amide bonds. The van der Waals surface area contributed by atoms with Crippen molar-refractivity contribution >= 4 is 38.9 Å².